The van der Waals surface area contributed by atoms with Crippen LogP contribution in [-0.4, -0.2) is 59.6 Å². The Morgan fingerprint density at radius 1 is 1.13 bits per heavy atom. The van der Waals surface area contributed by atoms with Crippen LogP contribution in [0.4, 0.5) is 5.82 Å². The van der Waals surface area contributed by atoms with Crippen LogP contribution in [0.3, 0.4) is 0 Å². The van der Waals surface area contributed by atoms with E-state index in [4.69, 9.17) is 24.6 Å². The van der Waals surface area contributed by atoms with Gasteiger partial charge in [0.25, 0.3) is 0 Å². The highest BCUT2D eigenvalue weighted by molar-refractivity contribution is 6.08. The highest BCUT2D eigenvalue weighted by Crippen LogP contribution is 2.33. The number of para-hydroxylation sites is 1. The molecular formula is C37H50N4O5. The molecule has 2 aliphatic rings. The molecule has 1 atom stereocenters. The number of fused-ring (bicyclic) bond motifs is 1. The Morgan fingerprint density at radius 3 is 2.61 bits per heavy atom. The molecule has 1 saturated heterocycles. The van der Waals surface area contributed by atoms with Crippen LogP contribution in [0, 0.1) is 12.3 Å². The van der Waals surface area contributed by atoms with Gasteiger partial charge < -0.3 is 30.0 Å². The molecule has 1 unspecified atom stereocenters. The molecule has 2 aromatic carbocycles. The van der Waals surface area contributed by atoms with E-state index in [1.54, 1.807) is 13.0 Å². The molecule has 5 rings (SSSR count). The highest BCUT2D eigenvalue weighted by Gasteiger charge is 2.23. The van der Waals surface area contributed by atoms with Gasteiger partial charge in [0.15, 0.2) is 0 Å². The molecule has 0 aliphatic carbocycles. The first kappa shape index (κ1) is 36.3. The van der Waals surface area contributed by atoms with E-state index < -0.39 is 5.97 Å². The number of benzene rings is 2. The van der Waals surface area contributed by atoms with Gasteiger partial charge in [-0.3, -0.25) is 4.90 Å². The predicted octanol–water partition coefficient (Wildman–Crippen LogP) is 7.62. The summed E-state index contributed by atoms with van der Waals surface area (Å²) >= 11 is 0. The van der Waals surface area contributed by atoms with E-state index in [1.165, 1.54) is 24.0 Å². The fourth-order valence-corrected chi connectivity index (χ4v) is 5.51. The minimum Gasteiger partial charge on any atom is -0.488 e. The molecule has 9 nitrogen and oxygen atoms in total. The van der Waals surface area contributed by atoms with Crippen molar-refractivity contribution < 1.29 is 24.1 Å². The molecule has 9 heteroatoms. The first-order chi connectivity index (χ1) is 22.4. The minimum atomic E-state index is -1.26. The Hall–Kier alpha value is -4.21. The molecule has 2 aliphatic heterocycles. The van der Waals surface area contributed by atoms with Crippen molar-refractivity contribution in [3.8, 4) is 17.0 Å². The van der Waals surface area contributed by atoms with Crippen LogP contribution in [0.15, 0.2) is 66.1 Å². The lowest BCUT2D eigenvalue weighted by Crippen LogP contribution is -2.36. The lowest BCUT2D eigenvalue weighted by molar-refractivity contribution is -0.132. The van der Waals surface area contributed by atoms with Gasteiger partial charge in [-0.15, -0.1) is 0 Å². The number of carbonyl (C=O) groups is 1. The number of aliphatic carboxylic acids is 1. The van der Waals surface area contributed by atoms with Crippen LogP contribution in [0.5, 0.6) is 5.75 Å². The van der Waals surface area contributed by atoms with Crippen molar-refractivity contribution in [1.29, 1.82) is 5.41 Å². The number of aryl methyl sites for hydroxylation is 1. The van der Waals surface area contributed by atoms with Crippen LogP contribution in [0.2, 0.25) is 0 Å². The van der Waals surface area contributed by atoms with Crippen molar-refractivity contribution in [3.05, 3.63) is 88.3 Å². The number of aromatic nitrogens is 1. The summed E-state index contributed by atoms with van der Waals surface area (Å²) in [5.74, 6) is -0.154. The Labute approximate surface area is 274 Å². The molecule has 3 aromatic rings. The second-order valence-electron chi connectivity index (χ2n) is 10.6. The van der Waals surface area contributed by atoms with E-state index in [0.29, 0.717) is 24.2 Å². The number of anilines is 1. The van der Waals surface area contributed by atoms with Gasteiger partial charge in [-0.1, -0.05) is 64.1 Å². The number of carboxylic acid groups (broad SMARTS) is 1. The summed E-state index contributed by atoms with van der Waals surface area (Å²) in [7, 11) is 0. The van der Waals surface area contributed by atoms with Crippen molar-refractivity contribution in [3.63, 3.8) is 0 Å². The quantitative estimate of drug-likeness (QED) is 0.106. The maximum atomic E-state index is 11.6. The Morgan fingerprint density at radius 2 is 1.91 bits per heavy atom. The fourth-order valence-electron chi connectivity index (χ4n) is 5.51. The normalized spacial score (nSPS) is 16.0. The summed E-state index contributed by atoms with van der Waals surface area (Å²) < 4.78 is 17.7. The lowest BCUT2D eigenvalue weighted by Gasteiger charge is -2.30. The number of nitrogens with zero attached hydrogens (tertiary/aromatic N) is 2. The van der Waals surface area contributed by atoms with Crippen LogP contribution in [-0.2, 0) is 33.8 Å². The number of pyridine rings is 1. The fraction of sp³-hybridized carbons (Fsp3) is 0.432. The van der Waals surface area contributed by atoms with Crippen molar-refractivity contribution in [2.24, 2.45) is 0 Å². The maximum absolute atomic E-state index is 11.6. The van der Waals surface area contributed by atoms with Gasteiger partial charge in [-0.05, 0) is 73.6 Å². The third-order valence-corrected chi connectivity index (χ3v) is 7.62. The molecule has 248 valence electrons. The highest BCUT2D eigenvalue weighted by atomic mass is 16.5. The van der Waals surface area contributed by atoms with Crippen molar-refractivity contribution in [2.45, 2.75) is 80.1 Å². The standard InChI is InChI=1S/C33H38N4O5.2C2H6/c1-3-40-32(28(18-34)33(38)39)36-30-11-5-10-29(35-30)27-9-4-7-22(2)31(27)42-21-23-12-13-25-19-37(15-14-24(25)17-23)20-26-8-6-16-41-26;2*1-2/h4-5,7,9-13,17-18,26,34H,3,6,8,14-16,19-21H2,1-2H3,(H,35,36)(H,38,39);2*1-2H3/b32-28-,34-18?;;. The number of carboxylic acids is 1. The monoisotopic (exact) mass is 630 g/mol. The third-order valence-electron chi connectivity index (χ3n) is 7.62. The molecule has 0 radical (unpaired) electrons. The second-order valence-corrected chi connectivity index (χ2v) is 10.6. The van der Waals surface area contributed by atoms with Crippen LogP contribution < -0.4 is 10.1 Å². The van der Waals surface area contributed by atoms with E-state index in [2.05, 4.69) is 28.4 Å². The van der Waals surface area contributed by atoms with Gasteiger partial charge >= 0.3 is 5.97 Å². The van der Waals surface area contributed by atoms with E-state index >= 15 is 0 Å². The van der Waals surface area contributed by atoms with E-state index in [9.17, 15) is 9.90 Å². The molecule has 1 fully saturated rings. The zero-order valence-corrected chi connectivity index (χ0v) is 28.2. The molecule has 3 N–H and O–H groups in total. The third kappa shape index (κ3) is 9.64. The van der Waals surface area contributed by atoms with Gasteiger partial charge in [0.1, 0.15) is 23.7 Å². The van der Waals surface area contributed by atoms with Gasteiger partial charge in [0.2, 0.25) is 5.88 Å². The number of nitrogens with one attached hydrogen (secondary N) is 2. The largest absolute Gasteiger partial charge is 0.488 e. The molecule has 46 heavy (non-hydrogen) atoms. The number of hydrogen-bond acceptors (Lipinski definition) is 8. The minimum absolute atomic E-state index is 0.0345. The molecular weight excluding hydrogens is 580 g/mol. The Balaban J connectivity index is 0.00000139. The van der Waals surface area contributed by atoms with E-state index in [-0.39, 0.29) is 18.1 Å². The molecule has 0 saturated carbocycles. The number of hydrogen-bond donors (Lipinski definition) is 3. The average molecular weight is 631 g/mol. The summed E-state index contributed by atoms with van der Waals surface area (Å²) in [6, 6.07) is 18.0. The molecule has 1 aromatic heterocycles. The molecule has 0 amide bonds. The summed E-state index contributed by atoms with van der Waals surface area (Å²) in [5.41, 5.74) is 6.08. The molecule has 0 spiro atoms. The number of ether oxygens (including phenoxy) is 3. The number of rotatable bonds is 12. The summed E-state index contributed by atoms with van der Waals surface area (Å²) in [4.78, 5) is 18.8. The van der Waals surface area contributed by atoms with Gasteiger partial charge in [0, 0.05) is 38.0 Å². The van der Waals surface area contributed by atoms with Crippen molar-refractivity contribution in [1.82, 2.24) is 9.88 Å². The Kier molecular flexibility index (Phi) is 14.7. The maximum Gasteiger partial charge on any atom is 0.342 e. The summed E-state index contributed by atoms with van der Waals surface area (Å²) in [5, 5.41) is 19.9. The average Bonchev–Trinajstić information content (AvgIpc) is 3.59. The molecule has 3 heterocycles. The van der Waals surface area contributed by atoms with Crippen molar-refractivity contribution in [2.75, 3.05) is 31.6 Å². The van der Waals surface area contributed by atoms with Crippen LogP contribution >= 0.6 is 0 Å². The molecule has 0 bridgehead atoms. The first-order valence-electron chi connectivity index (χ1n) is 16.5. The van der Waals surface area contributed by atoms with Gasteiger partial charge in [-0.2, -0.15) is 0 Å². The van der Waals surface area contributed by atoms with Gasteiger partial charge in [0.05, 0.1) is 18.4 Å². The van der Waals surface area contributed by atoms with E-state index in [0.717, 1.165) is 61.3 Å². The summed E-state index contributed by atoms with van der Waals surface area (Å²) in [6.45, 7) is 16.3. The predicted molar refractivity (Wildman–Crippen MR) is 185 cm³/mol. The van der Waals surface area contributed by atoms with Gasteiger partial charge in [-0.25, -0.2) is 9.78 Å². The zero-order chi connectivity index (χ0) is 33.5. The Bertz CT molecular complexity index is 1470. The topological polar surface area (TPSA) is 117 Å². The zero-order valence-electron chi connectivity index (χ0n) is 28.2. The smallest absolute Gasteiger partial charge is 0.342 e. The second kappa shape index (κ2) is 18.7. The van der Waals surface area contributed by atoms with Crippen LogP contribution in [0.25, 0.3) is 11.3 Å². The first-order valence-corrected chi connectivity index (χ1v) is 16.5. The summed E-state index contributed by atoms with van der Waals surface area (Å²) in [6.07, 6.45) is 4.48. The SMILES string of the molecule is CC.CC.CCO/C(Nc1cccc(-c2cccc(C)c2OCc2ccc3c(c2)CCN(CC2CCCO2)C3)n1)=C(/C=N)C(=O)O. The lowest BCUT2D eigenvalue weighted by atomic mass is 9.97. The van der Waals surface area contributed by atoms with E-state index in [1.807, 2.05) is 65.0 Å². The van der Waals surface area contributed by atoms with Crippen LogP contribution in [0.1, 0.15) is 69.7 Å². The van der Waals surface area contributed by atoms with Crippen molar-refractivity contribution >= 4 is 18.0 Å².